The van der Waals surface area contributed by atoms with Gasteiger partial charge >= 0.3 is 0 Å². The molecule has 0 saturated carbocycles. The van der Waals surface area contributed by atoms with Gasteiger partial charge in [-0.05, 0) is 62.2 Å². The van der Waals surface area contributed by atoms with Gasteiger partial charge in [-0.25, -0.2) is 0 Å². The van der Waals surface area contributed by atoms with Gasteiger partial charge in [0.2, 0.25) is 5.91 Å². The predicted octanol–water partition coefficient (Wildman–Crippen LogP) is 2.99. The minimum atomic E-state index is 0. The largest absolute Gasteiger partial charge is 0.342 e. The Balaban J connectivity index is 0.00000176. The van der Waals surface area contributed by atoms with E-state index in [-0.39, 0.29) is 12.4 Å². The van der Waals surface area contributed by atoms with Crippen LogP contribution < -0.4 is 5.32 Å². The monoisotopic (exact) mass is 322 g/mol. The van der Waals surface area contributed by atoms with Gasteiger partial charge in [-0.2, -0.15) is 0 Å². The minimum absolute atomic E-state index is 0. The van der Waals surface area contributed by atoms with E-state index in [1.807, 2.05) is 7.05 Å². The number of carbonyl (C=O) groups is 1. The molecule has 0 aromatic heterocycles. The van der Waals surface area contributed by atoms with E-state index >= 15 is 0 Å². The molecule has 1 aromatic rings. The molecular weight excluding hydrogens is 296 g/mol. The number of likely N-dealkylation sites (tertiary alicyclic amines) is 1. The second kappa shape index (κ2) is 7.98. The van der Waals surface area contributed by atoms with Gasteiger partial charge in [0.1, 0.15) is 0 Å². The molecule has 2 atom stereocenters. The highest BCUT2D eigenvalue weighted by atomic mass is 35.5. The van der Waals surface area contributed by atoms with Gasteiger partial charge in [0.15, 0.2) is 0 Å². The molecule has 2 unspecified atom stereocenters. The number of rotatable bonds is 4. The first-order valence-corrected chi connectivity index (χ1v) is 8.28. The van der Waals surface area contributed by atoms with E-state index < -0.39 is 0 Å². The summed E-state index contributed by atoms with van der Waals surface area (Å²) >= 11 is 0. The quantitative estimate of drug-likeness (QED) is 0.924. The van der Waals surface area contributed by atoms with Crippen molar-refractivity contribution in [1.82, 2.24) is 10.2 Å². The van der Waals surface area contributed by atoms with E-state index in [2.05, 4.69) is 34.5 Å². The van der Waals surface area contributed by atoms with Gasteiger partial charge < -0.3 is 10.2 Å². The van der Waals surface area contributed by atoms with Crippen LogP contribution in [0.15, 0.2) is 24.3 Å². The number of nitrogens with zero attached hydrogens (tertiary/aromatic N) is 1. The molecule has 0 spiro atoms. The maximum atomic E-state index is 12.6. The summed E-state index contributed by atoms with van der Waals surface area (Å²) in [6.45, 7) is 2.91. The number of fused-ring (bicyclic) bond motifs is 1. The van der Waals surface area contributed by atoms with Crippen LogP contribution in [-0.2, 0) is 11.2 Å². The number of hydrogen-bond acceptors (Lipinski definition) is 2. The van der Waals surface area contributed by atoms with Crippen molar-refractivity contribution in [3.05, 3.63) is 35.4 Å². The van der Waals surface area contributed by atoms with E-state index in [4.69, 9.17) is 0 Å². The van der Waals surface area contributed by atoms with Crippen LogP contribution in [0.4, 0.5) is 0 Å². The van der Waals surface area contributed by atoms with Gasteiger partial charge in [-0.1, -0.05) is 24.3 Å². The fraction of sp³-hybridized carbons (Fsp3) is 0.611. The third-order valence-corrected chi connectivity index (χ3v) is 5.05. The SMILES string of the molecule is CNCC1CCN(C(=O)CC2CCCc3ccccc32)C1.Cl. The zero-order valence-electron chi connectivity index (χ0n) is 13.4. The molecule has 1 saturated heterocycles. The van der Waals surface area contributed by atoms with Crippen LogP contribution in [0.3, 0.4) is 0 Å². The van der Waals surface area contributed by atoms with Gasteiger partial charge in [0, 0.05) is 19.5 Å². The van der Waals surface area contributed by atoms with Crippen molar-refractivity contribution in [3.8, 4) is 0 Å². The van der Waals surface area contributed by atoms with Crippen molar-refractivity contribution < 1.29 is 4.79 Å². The molecule has 3 nitrogen and oxygen atoms in total. The Bertz CT molecular complexity index is 506. The van der Waals surface area contributed by atoms with Crippen molar-refractivity contribution in [1.29, 1.82) is 0 Å². The Morgan fingerprint density at radius 3 is 2.95 bits per heavy atom. The van der Waals surface area contributed by atoms with Crippen LogP contribution in [0.25, 0.3) is 0 Å². The Labute approximate surface area is 139 Å². The molecule has 1 heterocycles. The van der Waals surface area contributed by atoms with Crippen LogP contribution in [0.5, 0.6) is 0 Å². The Morgan fingerprint density at radius 2 is 2.14 bits per heavy atom. The van der Waals surface area contributed by atoms with Crippen LogP contribution in [0, 0.1) is 5.92 Å². The van der Waals surface area contributed by atoms with Crippen molar-refractivity contribution in [2.45, 2.75) is 38.0 Å². The average Bonchev–Trinajstić information content (AvgIpc) is 2.97. The molecule has 0 bridgehead atoms. The van der Waals surface area contributed by atoms with Crippen molar-refractivity contribution in [2.75, 3.05) is 26.7 Å². The fourth-order valence-corrected chi connectivity index (χ4v) is 3.92. The third-order valence-electron chi connectivity index (χ3n) is 5.05. The maximum Gasteiger partial charge on any atom is 0.223 e. The minimum Gasteiger partial charge on any atom is -0.342 e. The molecular formula is C18H27ClN2O. The Hall–Kier alpha value is -1.06. The first-order valence-electron chi connectivity index (χ1n) is 8.28. The molecule has 1 aliphatic carbocycles. The van der Waals surface area contributed by atoms with Crippen LogP contribution in [0.2, 0.25) is 0 Å². The van der Waals surface area contributed by atoms with Crippen molar-refractivity contribution in [2.24, 2.45) is 5.92 Å². The lowest BCUT2D eigenvalue weighted by Gasteiger charge is -2.27. The van der Waals surface area contributed by atoms with Crippen LogP contribution in [-0.4, -0.2) is 37.5 Å². The first-order chi connectivity index (χ1) is 10.3. The second-order valence-corrected chi connectivity index (χ2v) is 6.54. The molecule has 1 fully saturated rings. The average molecular weight is 323 g/mol. The fourth-order valence-electron chi connectivity index (χ4n) is 3.92. The molecule has 1 N–H and O–H groups in total. The van der Waals surface area contributed by atoms with E-state index in [0.29, 0.717) is 24.2 Å². The van der Waals surface area contributed by atoms with Gasteiger partial charge in [-0.15, -0.1) is 12.4 Å². The standard InChI is InChI=1S/C18H26N2O.ClH/c1-19-12-14-9-10-20(13-14)18(21)11-16-7-4-6-15-5-2-3-8-17(15)16;/h2-3,5,8,14,16,19H,4,6-7,9-13H2,1H3;1H. The zero-order chi connectivity index (χ0) is 14.7. The highest BCUT2D eigenvalue weighted by Gasteiger charge is 2.29. The molecule has 1 aromatic carbocycles. The Kier molecular flexibility index (Phi) is 6.27. The summed E-state index contributed by atoms with van der Waals surface area (Å²) in [5.41, 5.74) is 2.87. The lowest BCUT2D eigenvalue weighted by molar-refractivity contribution is -0.130. The number of halogens is 1. The molecule has 22 heavy (non-hydrogen) atoms. The summed E-state index contributed by atoms with van der Waals surface area (Å²) in [4.78, 5) is 14.7. The summed E-state index contributed by atoms with van der Waals surface area (Å²) < 4.78 is 0. The molecule has 1 aliphatic heterocycles. The molecule has 0 radical (unpaired) electrons. The number of hydrogen-bond donors (Lipinski definition) is 1. The molecule has 1 amide bonds. The van der Waals surface area contributed by atoms with E-state index in [1.54, 1.807) is 0 Å². The number of benzene rings is 1. The summed E-state index contributed by atoms with van der Waals surface area (Å²) in [6.07, 6.45) is 5.40. The maximum absolute atomic E-state index is 12.6. The topological polar surface area (TPSA) is 32.3 Å². The lowest BCUT2D eigenvalue weighted by atomic mass is 9.81. The summed E-state index contributed by atoms with van der Waals surface area (Å²) in [5.74, 6) is 1.43. The van der Waals surface area contributed by atoms with Crippen LogP contribution in [0.1, 0.15) is 42.7 Å². The predicted molar refractivity (Wildman–Crippen MR) is 92.6 cm³/mol. The lowest BCUT2D eigenvalue weighted by Crippen LogP contribution is -2.31. The summed E-state index contributed by atoms with van der Waals surface area (Å²) in [6, 6.07) is 8.68. The molecule has 122 valence electrons. The molecule has 2 aliphatic rings. The van der Waals surface area contributed by atoms with Gasteiger partial charge in [0.05, 0.1) is 0 Å². The Morgan fingerprint density at radius 1 is 1.32 bits per heavy atom. The first kappa shape index (κ1) is 17.3. The summed E-state index contributed by atoms with van der Waals surface area (Å²) in [7, 11) is 1.99. The number of nitrogens with one attached hydrogen (secondary N) is 1. The molecule has 3 rings (SSSR count). The van der Waals surface area contributed by atoms with Crippen molar-refractivity contribution in [3.63, 3.8) is 0 Å². The number of carbonyl (C=O) groups excluding carboxylic acids is 1. The molecule has 4 heteroatoms. The number of aryl methyl sites for hydroxylation is 1. The van der Waals surface area contributed by atoms with Crippen LogP contribution >= 0.6 is 12.4 Å². The van der Waals surface area contributed by atoms with Gasteiger partial charge in [0.25, 0.3) is 0 Å². The highest BCUT2D eigenvalue weighted by Crippen LogP contribution is 2.34. The number of amides is 1. The third kappa shape index (κ3) is 3.82. The normalized spacial score (nSPS) is 23.8. The summed E-state index contributed by atoms with van der Waals surface area (Å²) in [5, 5.41) is 3.23. The smallest absolute Gasteiger partial charge is 0.223 e. The van der Waals surface area contributed by atoms with E-state index in [9.17, 15) is 4.79 Å². The second-order valence-electron chi connectivity index (χ2n) is 6.54. The van der Waals surface area contributed by atoms with E-state index in [0.717, 1.165) is 32.5 Å². The highest BCUT2D eigenvalue weighted by molar-refractivity contribution is 5.85. The van der Waals surface area contributed by atoms with Crippen molar-refractivity contribution >= 4 is 18.3 Å². The zero-order valence-corrected chi connectivity index (χ0v) is 14.2. The van der Waals surface area contributed by atoms with Gasteiger partial charge in [-0.3, -0.25) is 4.79 Å². The van der Waals surface area contributed by atoms with E-state index in [1.165, 1.54) is 24.0 Å².